The average molecular weight is 482 g/mol. The van der Waals surface area contributed by atoms with Gasteiger partial charge >= 0.3 is 0 Å². The molecule has 1 unspecified atom stereocenters. The van der Waals surface area contributed by atoms with Crippen LogP contribution >= 0.6 is 0 Å². The van der Waals surface area contributed by atoms with Crippen LogP contribution in [0.15, 0.2) is 29.2 Å². The van der Waals surface area contributed by atoms with E-state index in [1.54, 1.807) is 31.2 Å². The summed E-state index contributed by atoms with van der Waals surface area (Å²) in [6, 6.07) is 6.33. The van der Waals surface area contributed by atoms with Gasteiger partial charge in [-0.05, 0) is 48.9 Å². The molecule has 0 bridgehead atoms. The van der Waals surface area contributed by atoms with E-state index in [2.05, 4.69) is 0 Å². The van der Waals surface area contributed by atoms with Crippen molar-refractivity contribution in [3.63, 3.8) is 0 Å². The van der Waals surface area contributed by atoms with Crippen molar-refractivity contribution in [3.8, 4) is 5.75 Å². The van der Waals surface area contributed by atoms with E-state index in [0.29, 0.717) is 25.3 Å². The molecule has 0 saturated carbocycles. The molecule has 3 atom stereocenters. The van der Waals surface area contributed by atoms with Gasteiger partial charge in [-0.15, -0.1) is 0 Å². The lowest BCUT2D eigenvalue weighted by Gasteiger charge is -2.38. The Morgan fingerprint density at radius 2 is 1.85 bits per heavy atom. The summed E-state index contributed by atoms with van der Waals surface area (Å²) in [5.74, 6) is -0.558. The largest absolute Gasteiger partial charge is 0.550 e. The molecule has 2 aliphatic heterocycles. The van der Waals surface area contributed by atoms with E-state index in [1.165, 1.54) is 16.3 Å². The molecular weight excluding hydrogens is 446 g/mol. The normalized spacial score (nSPS) is 24.8. The Labute approximate surface area is 196 Å². The van der Waals surface area contributed by atoms with Crippen LogP contribution in [-0.2, 0) is 19.6 Å². The van der Waals surface area contributed by atoms with Crippen molar-refractivity contribution in [1.29, 1.82) is 0 Å². The van der Waals surface area contributed by atoms with Gasteiger partial charge in [0.25, 0.3) is 0 Å². The van der Waals surface area contributed by atoms with E-state index in [4.69, 9.17) is 4.74 Å². The summed E-state index contributed by atoms with van der Waals surface area (Å²) in [7, 11) is -2.15. The lowest BCUT2D eigenvalue weighted by molar-refractivity contribution is -0.898. The lowest BCUT2D eigenvalue weighted by Crippen LogP contribution is -3.12. The van der Waals surface area contributed by atoms with Gasteiger partial charge in [-0.1, -0.05) is 0 Å². The lowest BCUT2D eigenvalue weighted by atomic mass is 9.82. The third-order valence-corrected chi connectivity index (χ3v) is 8.87. The number of carboxylic acids is 1. The molecule has 2 fully saturated rings. The molecule has 9 nitrogen and oxygen atoms in total. The van der Waals surface area contributed by atoms with E-state index in [9.17, 15) is 23.1 Å². The minimum Gasteiger partial charge on any atom is -0.550 e. The molecule has 0 aromatic heterocycles. The van der Waals surface area contributed by atoms with E-state index in [0.717, 1.165) is 45.6 Å². The maximum Gasteiger partial charge on any atom is 0.243 e. The van der Waals surface area contributed by atoms with Gasteiger partial charge in [0, 0.05) is 45.4 Å². The van der Waals surface area contributed by atoms with Crippen molar-refractivity contribution < 1.29 is 32.8 Å². The second-order valence-electron chi connectivity index (χ2n) is 9.07. The van der Waals surface area contributed by atoms with Crippen LogP contribution in [0.5, 0.6) is 5.75 Å². The smallest absolute Gasteiger partial charge is 0.243 e. The Morgan fingerprint density at radius 1 is 1.12 bits per heavy atom. The number of methoxy groups -OCH3 is 1. The first kappa shape index (κ1) is 25.5. The molecule has 0 radical (unpaired) electrons. The van der Waals surface area contributed by atoms with Gasteiger partial charge in [0.15, 0.2) is 0 Å². The molecule has 10 heteroatoms. The second-order valence-corrected chi connectivity index (χ2v) is 11.0. The van der Waals surface area contributed by atoms with Crippen molar-refractivity contribution in [2.45, 2.75) is 37.5 Å². The highest BCUT2D eigenvalue weighted by Crippen LogP contribution is 2.32. The Hall–Kier alpha value is -2.17. The number of ether oxygens (including phenoxy) is 1. The van der Waals surface area contributed by atoms with Gasteiger partial charge in [0.05, 0.1) is 38.2 Å². The zero-order chi connectivity index (χ0) is 24.0. The van der Waals surface area contributed by atoms with Gasteiger partial charge in [0.2, 0.25) is 15.9 Å². The molecule has 1 amide bonds. The van der Waals surface area contributed by atoms with Crippen LogP contribution < -0.4 is 14.7 Å². The van der Waals surface area contributed by atoms with Crippen molar-refractivity contribution in [1.82, 2.24) is 9.21 Å². The summed E-state index contributed by atoms with van der Waals surface area (Å²) in [4.78, 5) is 26.5. The number of piperidine rings is 1. The highest BCUT2D eigenvalue weighted by molar-refractivity contribution is 7.89. The topological polar surface area (TPSA) is 111 Å². The monoisotopic (exact) mass is 481 g/mol. The van der Waals surface area contributed by atoms with Crippen molar-refractivity contribution in [3.05, 3.63) is 24.3 Å². The predicted molar refractivity (Wildman–Crippen MR) is 120 cm³/mol. The number of carboxylic acid groups (broad SMARTS) is 1. The molecule has 33 heavy (non-hydrogen) atoms. The number of quaternary nitrogens is 1. The molecule has 1 aromatic rings. The van der Waals surface area contributed by atoms with Crippen molar-refractivity contribution in [2.75, 3.05) is 52.9 Å². The number of benzene rings is 1. The summed E-state index contributed by atoms with van der Waals surface area (Å²) < 4.78 is 33.1. The zero-order valence-electron chi connectivity index (χ0n) is 19.5. The molecule has 3 rings (SSSR count). The van der Waals surface area contributed by atoms with Gasteiger partial charge in [-0.2, -0.15) is 4.31 Å². The van der Waals surface area contributed by atoms with Crippen LogP contribution in [0.25, 0.3) is 0 Å². The number of sulfonamides is 1. The first-order chi connectivity index (χ1) is 15.7. The molecular formula is C23H35N3O6S. The van der Waals surface area contributed by atoms with Crippen LogP contribution in [0.4, 0.5) is 0 Å². The third kappa shape index (κ3) is 6.68. The van der Waals surface area contributed by atoms with Crippen LogP contribution in [-0.4, -0.2) is 82.4 Å². The fraction of sp³-hybridized carbons (Fsp3) is 0.652. The Balaban J connectivity index is 1.67. The molecule has 1 N–H and O–H groups in total. The van der Waals surface area contributed by atoms with Crippen LogP contribution in [0.2, 0.25) is 0 Å². The standard InChI is InChI=1S/C23H35N3O6S/c1-18(27)25-11-3-10-24(14-15-25)12-8-20-17-26(13-9-19(20)16-23(28)29)33(30,31)22-6-4-21(32-2)5-7-22/h4-7,19-20H,3,8-17H2,1-2H3,(H,28,29)/t19-,20-/m0/s1. The van der Waals surface area contributed by atoms with Gasteiger partial charge < -0.3 is 24.4 Å². The molecule has 184 valence electrons. The summed E-state index contributed by atoms with van der Waals surface area (Å²) in [5, 5.41) is 11.3. The summed E-state index contributed by atoms with van der Waals surface area (Å²) in [5.41, 5.74) is 0. The van der Waals surface area contributed by atoms with Crippen molar-refractivity contribution in [2.24, 2.45) is 11.8 Å². The summed E-state index contributed by atoms with van der Waals surface area (Å²) >= 11 is 0. The number of amides is 1. The van der Waals surface area contributed by atoms with Crippen LogP contribution in [0, 0.1) is 11.8 Å². The Kier molecular flexibility index (Phi) is 8.72. The number of hydrogen-bond donors (Lipinski definition) is 1. The summed E-state index contributed by atoms with van der Waals surface area (Å²) in [6.07, 6.45) is 2.12. The first-order valence-corrected chi connectivity index (χ1v) is 13.1. The highest BCUT2D eigenvalue weighted by atomic mass is 32.2. The number of nitrogens with one attached hydrogen (secondary N) is 1. The Bertz CT molecular complexity index is 921. The minimum absolute atomic E-state index is 0.0471. The molecule has 2 heterocycles. The van der Waals surface area contributed by atoms with E-state index >= 15 is 0 Å². The minimum atomic E-state index is -3.67. The zero-order valence-corrected chi connectivity index (χ0v) is 20.3. The van der Waals surface area contributed by atoms with E-state index in [-0.39, 0.29) is 29.1 Å². The highest BCUT2D eigenvalue weighted by Gasteiger charge is 2.36. The van der Waals surface area contributed by atoms with Gasteiger partial charge in [-0.25, -0.2) is 8.42 Å². The SMILES string of the molecule is COc1ccc(S(=O)(=O)N2CC[C@@H](CC(=O)[O-])[C@@H](CC[NH+]3CCCN(C(C)=O)CC3)C2)cc1. The third-order valence-electron chi connectivity index (χ3n) is 6.99. The molecule has 0 spiro atoms. The number of aliphatic carboxylic acids is 1. The number of carbonyl (C=O) groups excluding carboxylic acids is 2. The summed E-state index contributed by atoms with van der Waals surface area (Å²) in [6.45, 7) is 6.32. The molecule has 2 saturated heterocycles. The molecule has 2 aliphatic rings. The maximum atomic E-state index is 13.2. The quantitative estimate of drug-likeness (QED) is 0.509. The van der Waals surface area contributed by atoms with E-state index in [1.807, 2.05) is 4.90 Å². The fourth-order valence-electron chi connectivity index (χ4n) is 4.98. The van der Waals surface area contributed by atoms with Crippen LogP contribution in [0.3, 0.4) is 0 Å². The van der Waals surface area contributed by atoms with Crippen LogP contribution in [0.1, 0.15) is 32.6 Å². The van der Waals surface area contributed by atoms with Crippen molar-refractivity contribution >= 4 is 21.9 Å². The fourth-order valence-corrected chi connectivity index (χ4v) is 6.49. The number of hydrogen-bond acceptors (Lipinski definition) is 6. The predicted octanol–water partition coefficient (Wildman–Crippen LogP) is -1.01. The Morgan fingerprint density at radius 3 is 2.48 bits per heavy atom. The molecule has 1 aromatic carbocycles. The van der Waals surface area contributed by atoms with E-state index < -0.39 is 16.0 Å². The number of carbonyl (C=O) groups is 2. The first-order valence-electron chi connectivity index (χ1n) is 11.6. The average Bonchev–Trinajstić information content (AvgIpc) is 3.04. The second kappa shape index (κ2) is 11.3. The van der Waals surface area contributed by atoms with Gasteiger partial charge in [0.1, 0.15) is 5.75 Å². The maximum absolute atomic E-state index is 13.2. The van der Waals surface area contributed by atoms with Gasteiger partial charge in [-0.3, -0.25) is 4.79 Å². The number of nitrogens with zero attached hydrogens (tertiary/aromatic N) is 2. The number of rotatable bonds is 8. The molecule has 0 aliphatic carbocycles.